The van der Waals surface area contributed by atoms with Crippen molar-refractivity contribution in [2.45, 2.75) is 52.0 Å². The number of nitrogens with zero attached hydrogens (tertiary/aromatic N) is 2. The highest BCUT2D eigenvalue weighted by atomic mass is 16.2. The van der Waals surface area contributed by atoms with E-state index in [1.165, 1.54) is 45.2 Å². The number of likely N-dealkylation sites (tertiary alicyclic amines) is 2. The highest BCUT2D eigenvalue weighted by Crippen LogP contribution is 2.29. The second-order valence-electron chi connectivity index (χ2n) is 7.10. The molecule has 0 aromatic carbocycles. The normalized spacial score (nSPS) is 25.4. The molecule has 2 aliphatic heterocycles. The second-order valence-corrected chi connectivity index (χ2v) is 7.10. The van der Waals surface area contributed by atoms with Gasteiger partial charge in [-0.05, 0) is 64.6 Å². The van der Waals surface area contributed by atoms with Crippen LogP contribution in [-0.2, 0) is 4.79 Å². The lowest BCUT2D eigenvalue weighted by molar-refractivity contribution is -0.134. The first kappa shape index (κ1) is 15.8. The molecule has 2 fully saturated rings. The summed E-state index contributed by atoms with van der Waals surface area (Å²) in [6, 6.07) is -0.0374. The van der Waals surface area contributed by atoms with Crippen molar-refractivity contribution < 1.29 is 4.79 Å². The summed E-state index contributed by atoms with van der Waals surface area (Å²) >= 11 is 0. The SMILES string of the molecule is CC(NCC1(C)CCN(C)CC1)C(=O)N1CCCCC1. The Bertz CT molecular complexity index is 318. The maximum Gasteiger partial charge on any atom is 0.239 e. The van der Waals surface area contributed by atoms with Gasteiger partial charge in [0.15, 0.2) is 0 Å². The first-order valence-corrected chi connectivity index (χ1v) is 8.21. The third kappa shape index (κ3) is 4.19. The summed E-state index contributed by atoms with van der Waals surface area (Å²) in [4.78, 5) is 16.8. The van der Waals surface area contributed by atoms with E-state index < -0.39 is 0 Å². The minimum absolute atomic E-state index is 0.0374. The fraction of sp³-hybridized carbons (Fsp3) is 0.938. The molecule has 2 aliphatic rings. The summed E-state index contributed by atoms with van der Waals surface area (Å²) in [6.07, 6.45) is 6.06. The average Bonchev–Trinajstić information content (AvgIpc) is 2.48. The van der Waals surface area contributed by atoms with Gasteiger partial charge in [0.05, 0.1) is 6.04 Å². The number of amides is 1. The van der Waals surface area contributed by atoms with Gasteiger partial charge in [-0.3, -0.25) is 4.79 Å². The van der Waals surface area contributed by atoms with E-state index in [2.05, 4.69) is 24.2 Å². The van der Waals surface area contributed by atoms with Crippen molar-refractivity contribution in [2.24, 2.45) is 5.41 Å². The fourth-order valence-electron chi connectivity index (χ4n) is 3.21. The van der Waals surface area contributed by atoms with Crippen molar-refractivity contribution in [3.8, 4) is 0 Å². The Kier molecular flexibility index (Phi) is 5.44. The predicted molar refractivity (Wildman–Crippen MR) is 82.7 cm³/mol. The zero-order chi connectivity index (χ0) is 14.6. The number of rotatable bonds is 4. The van der Waals surface area contributed by atoms with Gasteiger partial charge >= 0.3 is 0 Å². The molecule has 0 aliphatic carbocycles. The molecule has 0 spiro atoms. The fourth-order valence-corrected chi connectivity index (χ4v) is 3.21. The minimum atomic E-state index is -0.0374. The Morgan fingerprint density at radius 3 is 2.35 bits per heavy atom. The molecule has 1 N–H and O–H groups in total. The van der Waals surface area contributed by atoms with Crippen molar-refractivity contribution in [3.05, 3.63) is 0 Å². The Morgan fingerprint density at radius 2 is 1.75 bits per heavy atom. The van der Waals surface area contributed by atoms with E-state index >= 15 is 0 Å². The Morgan fingerprint density at radius 1 is 1.15 bits per heavy atom. The third-order valence-corrected chi connectivity index (χ3v) is 5.07. The largest absolute Gasteiger partial charge is 0.341 e. The average molecular weight is 281 g/mol. The molecule has 1 amide bonds. The van der Waals surface area contributed by atoms with Crippen molar-refractivity contribution in [1.29, 1.82) is 0 Å². The molecule has 4 heteroatoms. The van der Waals surface area contributed by atoms with Crippen LogP contribution in [0.2, 0.25) is 0 Å². The summed E-state index contributed by atoms with van der Waals surface area (Å²) in [5.74, 6) is 0.293. The van der Waals surface area contributed by atoms with Crippen LogP contribution in [0.3, 0.4) is 0 Å². The van der Waals surface area contributed by atoms with Gasteiger partial charge in [-0.1, -0.05) is 6.92 Å². The first-order chi connectivity index (χ1) is 9.50. The minimum Gasteiger partial charge on any atom is -0.341 e. The summed E-state index contributed by atoms with van der Waals surface area (Å²) in [7, 11) is 2.19. The molecule has 0 radical (unpaired) electrons. The van der Waals surface area contributed by atoms with E-state index in [0.29, 0.717) is 11.3 Å². The van der Waals surface area contributed by atoms with Crippen LogP contribution >= 0.6 is 0 Å². The molecule has 0 bridgehead atoms. The molecule has 2 heterocycles. The summed E-state index contributed by atoms with van der Waals surface area (Å²) in [5.41, 5.74) is 0.350. The lowest BCUT2D eigenvalue weighted by Gasteiger charge is -2.39. The van der Waals surface area contributed by atoms with Gasteiger partial charge in [-0.25, -0.2) is 0 Å². The number of hydrogen-bond acceptors (Lipinski definition) is 3. The molecule has 2 saturated heterocycles. The molecular formula is C16H31N3O. The van der Waals surface area contributed by atoms with Crippen molar-refractivity contribution in [3.63, 3.8) is 0 Å². The predicted octanol–water partition coefficient (Wildman–Crippen LogP) is 1.71. The summed E-state index contributed by atoms with van der Waals surface area (Å²) in [6.45, 7) is 9.58. The van der Waals surface area contributed by atoms with Gasteiger partial charge in [-0.15, -0.1) is 0 Å². The number of carbonyl (C=O) groups excluding carboxylic acids is 1. The van der Waals surface area contributed by atoms with Crippen molar-refractivity contribution in [1.82, 2.24) is 15.1 Å². The zero-order valence-electron chi connectivity index (χ0n) is 13.5. The molecule has 20 heavy (non-hydrogen) atoms. The van der Waals surface area contributed by atoms with Crippen LogP contribution in [0.15, 0.2) is 0 Å². The molecule has 116 valence electrons. The lowest BCUT2D eigenvalue weighted by Crippen LogP contribution is -2.50. The highest BCUT2D eigenvalue weighted by molar-refractivity contribution is 5.81. The smallest absolute Gasteiger partial charge is 0.239 e. The first-order valence-electron chi connectivity index (χ1n) is 8.21. The van der Waals surface area contributed by atoms with Crippen LogP contribution in [0.25, 0.3) is 0 Å². The van der Waals surface area contributed by atoms with E-state index in [0.717, 1.165) is 19.6 Å². The van der Waals surface area contributed by atoms with Crippen LogP contribution in [0.1, 0.15) is 46.0 Å². The van der Waals surface area contributed by atoms with Crippen molar-refractivity contribution in [2.75, 3.05) is 39.8 Å². The van der Waals surface area contributed by atoms with Gasteiger partial charge in [0.25, 0.3) is 0 Å². The summed E-state index contributed by atoms with van der Waals surface area (Å²) in [5, 5.41) is 3.50. The molecule has 4 nitrogen and oxygen atoms in total. The molecule has 2 rings (SSSR count). The topological polar surface area (TPSA) is 35.6 Å². The molecule has 1 unspecified atom stereocenters. The van der Waals surface area contributed by atoms with Crippen LogP contribution in [0, 0.1) is 5.41 Å². The van der Waals surface area contributed by atoms with Gasteiger partial charge in [0.2, 0.25) is 5.91 Å². The maximum atomic E-state index is 12.4. The molecule has 0 saturated carbocycles. The van der Waals surface area contributed by atoms with Crippen molar-refractivity contribution >= 4 is 5.91 Å². The van der Waals surface area contributed by atoms with Gasteiger partial charge in [0, 0.05) is 19.6 Å². The maximum absolute atomic E-state index is 12.4. The quantitative estimate of drug-likeness (QED) is 0.852. The lowest BCUT2D eigenvalue weighted by atomic mass is 9.80. The monoisotopic (exact) mass is 281 g/mol. The highest BCUT2D eigenvalue weighted by Gasteiger charge is 2.30. The summed E-state index contributed by atoms with van der Waals surface area (Å²) < 4.78 is 0. The standard InChI is InChI=1S/C16H31N3O/c1-14(15(20)19-9-5-4-6-10-19)17-13-16(2)7-11-18(3)12-8-16/h14,17H,4-13H2,1-3H3. The Hall–Kier alpha value is -0.610. The van der Waals surface area contributed by atoms with Gasteiger partial charge in [0.1, 0.15) is 0 Å². The van der Waals surface area contributed by atoms with E-state index in [-0.39, 0.29) is 6.04 Å². The van der Waals surface area contributed by atoms with E-state index in [1.807, 2.05) is 11.8 Å². The Balaban J connectivity index is 1.76. The van der Waals surface area contributed by atoms with Gasteiger partial charge < -0.3 is 15.1 Å². The number of piperidine rings is 2. The molecule has 1 atom stereocenters. The molecule has 0 aromatic heterocycles. The van der Waals surface area contributed by atoms with E-state index in [4.69, 9.17) is 0 Å². The Labute approximate surface area is 123 Å². The van der Waals surface area contributed by atoms with Crippen LogP contribution in [-0.4, -0.2) is 61.5 Å². The molecular weight excluding hydrogens is 250 g/mol. The van der Waals surface area contributed by atoms with Crippen LogP contribution < -0.4 is 5.32 Å². The van der Waals surface area contributed by atoms with Crippen LogP contribution in [0.4, 0.5) is 0 Å². The van der Waals surface area contributed by atoms with E-state index in [9.17, 15) is 4.79 Å². The number of hydrogen-bond donors (Lipinski definition) is 1. The number of carbonyl (C=O) groups is 1. The van der Waals surface area contributed by atoms with Gasteiger partial charge in [-0.2, -0.15) is 0 Å². The van der Waals surface area contributed by atoms with Crippen LogP contribution in [0.5, 0.6) is 0 Å². The van der Waals surface area contributed by atoms with E-state index in [1.54, 1.807) is 0 Å². The molecule has 0 aromatic rings. The third-order valence-electron chi connectivity index (χ3n) is 5.07. The zero-order valence-corrected chi connectivity index (χ0v) is 13.5. The second kappa shape index (κ2) is 6.90. The number of nitrogens with one attached hydrogen (secondary N) is 1.